The third kappa shape index (κ3) is 6.13. The highest BCUT2D eigenvalue weighted by molar-refractivity contribution is 14.0. The number of nitrogens with zero attached hydrogens (tertiary/aromatic N) is 4. The molecule has 6 nitrogen and oxygen atoms in total. The SMILES string of the molecule is CN=C(NCc1ccnc(N2CCN(C)CC2)c1)NCC1(c2ccccc2)CCCC1.I. The molecule has 1 saturated heterocycles. The van der Waals surface area contributed by atoms with E-state index in [1.54, 1.807) is 0 Å². The lowest BCUT2D eigenvalue weighted by atomic mass is 9.79. The summed E-state index contributed by atoms with van der Waals surface area (Å²) >= 11 is 0. The van der Waals surface area contributed by atoms with Crippen LogP contribution in [-0.4, -0.2) is 62.7 Å². The van der Waals surface area contributed by atoms with Gasteiger partial charge in [-0.2, -0.15) is 0 Å². The van der Waals surface area contributed by atoms with Crippen molar-refractivity contribution in [3.05, 3.63) is 59.8 Å². The number of guanidine groups is 1. The molecule has 32 heavy (non-hydrogen) atoms. The second-order valence-electron chi connectivity index (χ2n) is 8.95. The minimum Gasteiger partial charge on any atom is -0.356 e. The number of halogens is 1. The molecule has 2 aromatic rings. The molecule has 2 fully saturated rings. The van der Waals surface area contributed by atoms with Crippen molar-refractivity contribution in [2.24, 2.45) is 4.99 Å². The van der Waals surface area contributed by atoms with Gasteiger partial charge in [0.2, 0.25) is 0 Å². The molecule has 0 spiro atoms. The van der Waals surface area contributed by atoms with Crippen LogP contribution in [0.3, 0.4) is 0 Å². The first kappa shape index (κ1) is 24.8. The van der Waals surface area contributed by atoms with Gasteiger partial charge in [0.15, 0.2) is 5.96 Å². The second kappa shape index (κ2) is 11.8. The van der Waals surface area contributed by atoms with Gasteiger partial charge >= 0.3 is 0 Å². The lowest BCUT2D eigenvalue weighted by Gasteiger charge is -2.33. The normalized spacial score (nSPS) is 18.8. The first-order chi connectivity index (χ1) is 15.2. The molecular weight excluding hydrogens is 511 g/mol. The Bertz CT molecular complexity index is 858. The molecule has 0 amide bonds. The van der Waals surface area contributed by atoms with Crippen LogP contribution in [-0.2, 0) is 12.0 Å². The van der Waals surface area contributed by atoms with Crippen molar-refractivity contribution in [3.8, 4) is 0 Å². The van der Waals surface area contributed by atoms with Crippen LogP contribution in [0.1, 0.15) is 36.8 Å². The quantitative estimate of drug-likeness (QED) is 0.328. The van der Waals surface area contributed by atoms with Crippen LogP contribution in [0, 0.1) is 0 Å². The van der Waals surface area contributed by atoms with Crippen molar-refractivity contribution in [3.63, 3.8) is 0 Å². The fourth-order valence-electron chi connectivity index (χ4n) is 4.85. The molecule has 1 aliphatic carbocycles. The Morgan fingerprint density at radius 1 is 1.03 bits per heavy atom. The molecule has 174 valence electrons. The van der Waals surface area contributed by atoms with E-state index in [9.17, 15) is 0 Å². The van der Waals surface area contributed by atoms with Crippen LogP contribution in [0.15, 0.2) is 53.7 Å². The molecule has 4 rings (SSSR count). The van der Waals surface area contributed by atoms with E-state index in [0.29, 0.717) is 0 Å². The fourth-order valence-corrected chi connectivity index (χ4v) is 4.85. The zero-order valence-electron chi connectivity index (χ0n) is 19.4. The number of hydrogen-bond acceptors (Lipinski definition) is 4. The standard InChI is InChI=1S/C25H36N6.HI/c1-26-24(29-20-25(11-6-7-12-25)22-8-4-3-5-9-22)28-19-21-10-13-27-23(18-21)31-16-14-30(2)15-17-31;/h3-5,8-10,13,18H,6-7,11-12,14-17,19-20H2,1-2H3,(H2,26,28,29);1H. The van der Waals surface area contributed by atoms with Gasteiger partial charge in [-0.15, -0.1) is 24.0 Å². The monoisotopic (exact) mass is 548 g/mol. The zero-order chi connectivity index (χ0) is 21.5. The highest BCUT2D eigenvalue weighted by Gasteiger charge is 2.35. The molecule has 2 N–H and O–H groups in total. The van der Waals surface area contributed by atoms with Crippen LogP contribution in [0.25, 0.3) is 0 Å². The third-order valence-electron chi connectivity index (χ3n) is 6.86. The molecule has 1 aliphatic heterocycles. The molecule has 2 aliphatic rings. The molecule has 0 unspecified atom stereocenters. The van der Waals surface area contributed by atoms with Crippen LogP contribution in [0.2, 0.25) is 0 Å². The van der Waals surface area contributed by atoms with Gasteiger partial charge in [0.1, 0.15) is 5.82 Å². The lowest BCUT2D eigenvalue weighted by Crippen LogP contribution is -2.45. The Hall–Kier alpha value is -1.87. The summed E-state index contributed by atoms with van der Waals surface area (Å²) in [7, 11) is 4.03. The number of rotatable bonds is 6. The van der Waals surface area contributed by atoms with Crippen molar-refractivity contribution >= 4 is 35.8 Å². The molecule has 1 saturated carbocycles. The largest absolute Gasteiger partial charge is 0.356 e. The highest BCUT2D eigenvalue weighted by Crippen LogP contribution is 2.40. The van der Waals surface area contributed by atoms with E-state index in [1.807, 2.05) is 13.2 Å². The molecule has 7 heteroatoms. The Labute approximate surface area is 209 Å². The van der Waals surface area contributed by atoms with Crippen molar-refractivity contribution in [1.29, 1.82) is 0 Å². The van der Waals surface area contributed by atoms with Gasteiger partial charge in [-0.3, -0.25) is 4.99 Å². The number of likely N-dealkylation sites (N-methyl/N-ethyl adjacent to an activating group) is 1. The van der Waals surface area contributed by atoms with E-state index >= 15 is 0 Å². The second-order valence-corrected chi connectivity index (χ2v) is 8.95. The van der Waals surface area contributed by atoms with E-state index in [0.717, 1.165) is 51.0 Å². The Balaban J connectivity index is 0.00000289. The average molecular weight is 549 g/mol. The van der Waals surface area contributed by atoms with Crippen molar-refractivity contribution in [1.82, 2.24) is 20.5 Å². The Morgan fingerprint density at radius 3 is 2.44 bits per heavy atom. The summed E-state index contributed by atoms with van der Waals surface area (Å²) in [6, 6.07) is 15.3. The molecule has 0 atom stereocenters. The molecular formula is C25H37IN6. The van der Waals surface area contributed by atoms with Gasteiger partial charge in [0.25, 0.3) is 0 Å². The maximum Gasteiger partial charge on any atom is 0.191 e. The number of pyridine rings is 1. The highest BCUT2D eigenvalue weighted by atomic mass is 127. The number of nitrogens with one attached hydrogen (secondary N) is 2. The van der Waals surface area contributed by atoms with Gasteiger partial charge in [-0.1, -0.05) is 43.2 Å². The van der Waals surface area contributed by atoms with Gasteiger partial charge in [0.05, 0.1) is 0 Å². The zero-order valence-corrected chi connectivity index (χ0v) is 21.7. The molecule has 0 bridgehead atoms. The summed E-state index contributed by atoms with van der Waals surface area (Å²) in [4.78, 5) is 13.8. The van der Waals surface area contributed by atoms with E-state index in [1.165, 1.54) is 36.8 Å². The fraction of sp³-hybridized carbons (Fsp3) is 0.520. The summed E-state index contributed by atoms with van der Waals surface area (Å²) in [5.74, 6) is 1.93. The van der Waals surface area contributed by atoms with Crippen LogP contribution in [0.5, 0.6) is 0 Å². The number of aliphatic imine (C=N–C) groups is 1. The van der Waals surface area contributed by atoms with Crippen LogP contribution >= 0.6 is 24.0 Å². The lowest BCUT2D eigenvalue weighted by molar-refractivity contribution is 0.312. The molecule has 0 radical (unpaired) electrons. The van der Waals surface area contributed by atoms with Crippen molar-refractivity contribution in [2.75, 3.05) is 51.7 Å². The van der Waals surface area contributed by atoms with Crippen LogP contribution in [0.4, 0.5) is 5.82 Å². The molecule has 1 aromatic heterocycles. The molecule has 1 aromatic carbocycles. The van der Waals surface area contributed by atoms with Gasteiger partial charge in [-0.05, 0) is 43.1 Å². The van der Waals surface area contributed by atoms with Gasteiger partial charge in [-0.25, -0.2) is 4.98 Å². The Morgan fingerprint density at radius 2 is 1.75 bits per heavy atom. The summed E-state index contributed by atoms with van der Waals surface area (Å²) < 4.78 is 0. The van der Waals surface area contributed by atoms with Gasteiger partial charge in [0, 0.05) is 57.9 Å². The maximum atomic E-state index is 4.60. The predicted octanol–water partition coefficient (Wildman–Crippen LogP) is 3.63. The number of hydrogen-bond donors (Lipinski definition) is 2. The van der Waals surface area contributed by atoms with Crippen molar-refractivity contribution in [2.45, 2.75) is 37.6 Å². The summed E-state index contributed by atoms with van der Waals surface area (Å²) in [5.41, 5.74) is 2.89. The molecule has 2 heterocycles. The summed E-state index contributed by atoms with van der Waals surface area (Å²) in [5, 5.41) is 7.11. The maximum absolute atomic E-state index is 4.60. The van der Waals surface area contributed by atoms with E-state index < -0.39 is 0 Å². The smallest absolute Gasteiger partial charge is 0.191 e. The number of piperazine rings is 1. The van der Waals surface area contributed by atoms with Crippen LogP contribution < -0.4 is 15.5 Å². The number of benzene rings is 1. The first-order valence-electron chi connectivity index (χ1n) is 11.6. The minimum absolute atomic E-state index is 0. The average Bonchev–Trinajstić information content (AvgIpc) is 3.31. The first-order valence-corrected chi connectivity index (χ1v) is 11.6. The Kier molecular flexibility index (Phi) is 9.16. The van der Waals surface area contributed by atoms with Crippen molar-refractivity contribution < 1.29 is 0 Å². The summed E-state index contributed by atoms with van der Waals surface area (Å²) in [6.07, 6.45) is 6.99. The minimum atomic E-state index is 0. The predicted molar refractivity (Wildman–Crippen MR) is 144 cm³/mol. The van der Waals surface area contributed by atoms with Gasteiger partial charge < -0.3 is 20.4 Å². The van der Waals surface area contributed by atoms with E-state index in [4.69, 9.17) is 0 Å². The number of anilines is 1. The van der Waals surface area contributed by atoms with E-state index in [-0.39, 0.29) is 29.4 Å². The topological polar surface area (TPSA) is 55.8 Å². The summed E-state index contributed by atoms with van der Waals surface area (Å²) in [6.45, 7) is 5.89. The number of aromatic nitrogens is 1. The third-order valence-corrected chi connectivity index (χ3v) is 6.86. The van der Waals surface area contributed by atoms with E-state index in [2.05, 4.69) is 79.9 Å².